The number of anilines is 1. The van der Waals surface area contributed by atoms with E-state index >= 15 is 0 Å². The summed E-state index contributed by atoms with van der Waals surface area (Å²) in [5, 5.41) is 31.2. The van der Waals surface area contributed by atoms with Crippen LogP contribution in [0.1, 0.15) is 59.6 Å². The van der Waals surface area contributed by atoms with Gasteiger partial charge in [-0.15, -0.1) is 0 Å². The van der Waals surface area contributed by atoms with Crippen molar-refractivity contribution in [1.29, 1.82) is 5.26 Å². The number of H-pyrrole nitrogens is 1. The van der Waals surface area contributed by atoms with Crippen LogP contribution in [0.3, 0.4) is 0 Å². The molecule has 34 heavy (non-hydrogen) atoms. The summed E-state index contributed by atoms with van der Waals surface area (Å²) in [4.78, 5) is 35.5. The van der Waals surface area contributed by atoms with Crippen molar-refractivity contribution in [3.05, 3.63) is 35.0 Å². The number of benzene rings is 1. The van der Waals surface area contributed by atoms with Gasteiger partial charge in [-0.25, -0.2) is 4.79 Å². The SMILES string of the molecule is Cc1cc(O)c(C=O)c(OCC(=O)Nc2cc([C@H]3CC[C@@H](OC(=O)NC4(C#N)CC4)C3)[nH]n2)c1. The maximum Gasteiger partial charge on any atom is 0.408 e. The highest BCUT2D eigenvalue weighted by Crippen LogP contribution is 2.37. The molecule has 0 radical (unpaired) electrons. The number of carbonyl (C=O) groups is 3. The number of aldehydes is 1. The Labute approximate surface area is 195 Å². The second kappa shape index (κ2) is 9.43. The van der Waals surface area contributed by atoms with Gasteiger partial charge in [0.25, 0.3) is 5.91 Å². The fraction of sp³-hybridized carbons (Fsp3) is 0.435. The molecule has 1 aromatic carbocycles. The maximum absolute atomic E-state index is 12.3. The molecule has 0 aliphatic heterocycles. The molecule has 11 nitrogen and oxygen atoms in total. The molecule has 4 N–H and O–H groups in total. The van der Waals surface area contributed by atoms with Crippen LogP contribution in [-0.4, -0.2) is 51.8 Å². The number of phenols is 1. The van der Waals surface area contributed by atoms with E-state index < -0.39 is 17.5 Å². The molecule has 2 saturated carbocycles. The summed E-state index contributed by atoms with van der Waals surface area (Å²) in [5.41, 5.74) is 0.713. The third kappa shape index (κ3) is 5.28. The van der Waals surface area contributed by atoms with E-state index in [-0.39, 0.29) is 35.7 Å². The molecule has 0 saturated heterocycles. The lowest BCUT2D eigenvalue weighted by Gasteiger charge is -2.15. The van der Waals surface area contributed by atoms with Gasteiger partial charge in [0.2, 0.25) is 0 Å². The second-order valence-corrected chi connectivity index (χ2v) is 8.72. The van der Waals surface area contributed by atoms with Gasteiger partial charge in [-0.2, -0.15) is 10.4 Å². The van der Waals surface area contributed by atoms with Gasteiger partial charge in [-0.3, -0.25) is 14.7 Å². The molecule has 11 heteroatoms. The smallest absolute Gasteiger partial charge is 0.408 e. The quantitative estimate of drug-likeness (QED) is 0.430. The molecule has 1 heterocycles. The zero-order valence-corrected chi connectivity index (χ0v) is 18.6. The van der Waals surface area contributed by atoms with Crippen molar-refractivity contribution in [3.8, 4) is 17.6 Å². The van der Waals surface area contributed by atoms with Crippen LogP contribution in [0.25, 0.3) is 0 Å². The van der Waals surface area contributed by atoms with Crippen LogP contribution in [0, 0.1) is 18.3 Å². The number of aromatic amines is 1. The van der Waals surface area contributed by atoms with Crippen LogP contribution in [0.2, 0.25) is 0 Å². The Morgan fingerprint density at radius 3 is 2.85 bits per heavy atom. The first-order valence-corrected chi connectivity index (χ1v) is 11.0. The molecule has 2 amide bonds. The van der Waals surface area contributed by atoms with E-state index in [2.05, 4.69) is 26.9 Å². The van der Waals surface area contributed by atoms with Crippen molar-refractivity contribution in [3.63, 3.8) is 0 Å². The average molecular weight is 467 g/mol. The first-order valence-electron chi connectivity index (χ1n) is 11.0. The number of nitrogens with zero attached hydrogens (tertiary/aromatic N) is 2. The van der Waals surface area contributed by atoms with Crippen LogP contribution in [-0.2, 0) is 9.53 Å². The minimum atomic E-state index is -0.760. The molecular formula is C23H25N5O6. The van der Waals surface area contributed by atoms with E-state index in [1.54, 1.807) is 19.1 Å². The van der Waals surface area contributed by atoms with Crippen molar-refractivity contribution < 1.29 is 29.0 Å². The van der Waals surface area contributed by atoms with Crippen molar-refractivity contribution in [2.45, 2.75) is 56.6 Å². The first-order chi connectivity index (χ1) is 16.3. The molecule has 2 fully saturated rings. The lowest BCUT2D eigenvalue weighted by Crippen LogP contribution is -2.37. The Bertz CT molecular complexity index is 1150. The minimum Gasteiger partial charge on any atom is -0.507 e. The van der Waals surface area contributed by atoms with E-state index in [0.717, 1.165) is 12.1 Å². The number of hydrogen-bond acceptors (Lipinski definition) is 8. The number of phenolic OH excluding ortho intramolecular Hbond substituents is 1. The highest BCUT2D eigenvalue weighted by molar-refractivity contribution is 5.91. The monoisotopic (exact) mass is 467 g/mol. The highest BCUT2D eigenvalue weighted by Gasteiger charge is 2.45. The van der Waals surface area contributed by atoms with Gasteiger partial charge in [0.05, 0.1) is 11.6 Å². The van der Waals surface area contributed by atoms with Gasteiger partial charge < -0.3 is 25.2 Å². The predicted molar refractivity (Wildman–Crippen MR) is 119 cm³/mol. The molecule has 2 aromatic rings. The summed E-state index contributed by atoms with van der Waals surface area (Å²) in [6.45, 7) is 1.36. The Morgan fingerprint density at radius 2 is 2.15 bits per heavy atom. The van der Waals surface area contributed by atoms with Gasteiger partial charge in [-0.1, -0.05) is 0 Å². The molecule has 2 aliphatic rings. The van der Waals surface area contributed by atoms with Crippen molar-refractivity contribution in [2.75, 3.05) is 11.9 Å². The van der Waals surface area contributed by atoms with Crippen LogP contribution >= 0.6 is 0 Å². The number of carbonyl (C=O) groups excluding carboxylic acids is 3. The van der Waals surface area contributed by atoms with Gasteiger partial charge in [0.1, 0.15) is 23.1 Å². The van der Waals surface area contributed by atoms with Crippen LogP contribution in [0.5, 0.6) is 11.5 Å². The third-order valence-electron chi connectivity index (χ3n) is 6.01. The summed E-state index contributed by atoms with van der Waals surface area (Å²) in [5.74, 6) is -0.169. The van der Waals surface area contributed by atoms with E-state index in [1.165, 1.54) is 6.07 Å². The molecule has 1 aromatic heterocycles. The number of ether oxygens (including phenoxy) is 2. The molecule has 0 spiro atoms. The summed E-state index contributed by atoms with van der Waals surface area (Å²) in [6.07, 6.45) is 3.01. The second-order valence-electron chi connectivity index (χ2n) is 8.72. The number of alkyl carbamates (subject to hydrolysis) is 1. The van der Waals surface area contributed by atoms with Gasteiger partial charge >= 0.3 is 6.09 Å². The van der Waals surface area contributed by atoms with Crippen molar-refractivity contribution >= 4 is 24.1 Å². The summed E-state index contributed by atoms with van der Waals surface area (Å²) in [6, 6.07) is 6.81. The van der Waals surface area contributed by atoms with Gasteiger partial charge in [-0.05, 0) is 56.7 Å². The average Bonchev–Trinajstić information content (AvgIpc) is 3.16. The number of aromatic hydroxyl groups is 1. The highest BCUT2D eigenvalue weighted by atomic mass is 16.6. The van der Waals surface area contributed by atoms with Gasteiger partial charge in [0, 0.05) is 17.7 Å². The molecule has 2 atom stereocenters. The molecule has 2 aliphatic carbocycles. The largest absolute Gasteiger partial charge is 0.507 e. The summed E-state index contributed by atoms with van der Waals surface area (Å²) >= 11 is 0. The van der Waals surface area contributed by atoms with E-state index in [0.29, 0.717) is 43.4 Å². The van der Waals surface area contributed by atoms with Crippen LogP contribution in [0.15, 0.2) is 18.2 Å². The number of nitriles is 1. The number of aryl methyl sites for hydroxylation is 1. The van der Waals surface area contributed by atoms with Gasteiger partial charge in [0.15, 0.2) is 18.7 Å². The Morgan fingerprint density at radius 1 is 1.35 bits per heavy atom. The Balaban J connectivity index is 1.26. The summed E-state index contributed by atoms with van der Waals surface area (Å²) < 4.78 is 10.9. The van der Waals surface area contributed by atoms with Crippen LogP contribution < -0.4 is 15.4 Å². The fourth-order valence-corrected chi connectivity index (χ4v) is 4.01. The molecular weight excluding hydrogens is 442 g/mol. The number of rotatable bonds is 8. The first kappa shape index (κ1) is 23.1. The normalized spacial score (nSPS) is 20.1. The number of aromatic nitrogens is 2. The van der Waals surface area contributed by atoms with Crippen LogP contribution in [0.4, 0.5) is 10.6 Å². The third-order valence-corrected chi connectivity index (χ3v) is 6.01. The lowest BCUT2D eigenvalue weighted by atomic mass is 10.0. The zero-order valence-electron chi connectivity index (χ0n) is 18.6. The fourth-order valence-electron chi connectivity index (χ4n) is 4.01. The predicted octanol–water partition coefficient (Wildman–Crippen LogP) is 2.67. The number of hydrogen-bond donors (Lipinski definition) is 4. The van der Waals surface area contributed by atoms with E-state index in [4.69, 9.17) is 14.7 Å². The Hall–Kier alpha value is -4.07. The summed E-state index contributed by atoms with van der Waals surface area (Å²) in [7, 11) is 0. The maximum atomic E-state index is 12.3. The lowest BCUT2D eigenvalue weighted by molar-refractivity contribution is -0.118. The van der Waals surface area contributed by atoms with Crippen molar-refractivity contribution in [2.24, 2.45) is 0 Å². The standard InChI is InChI=1S/C23H25N5O6/c1-13-6-18(30)16(10-29)19(7-13)33-11-21(31)25-20-9-17(27-28-20)14-2-3-15(8-14)34-22(32)26-23(12-24)4-5-23/h6-7,9-10,14-15,30H,2-5,8,11H2,1H3,(H,26,32)(H2,25,27,28,31)/t14-,15+/m0/s1. The minimum absolute atomic E-state index is 0.0212. The number of nitrogens with one attached hydrogen (secondary N) is 3. The topological polar surface area (TPSA) is 166 Å². The molecule has 178 valence electrons. The molecule has 0 unspecified atom stereocenters. The number of amides is 2. The van der Waals surface area contributed by atoms with Crippen molar-refractivity contribution in [1.82, 2.24) is 15.5 Å². The van der Waals surface area contributed by atoms with E-state index in [9.17, 15) is 19.5 Å². The van der Waals surface area contributed by atoms with E-state index in [1.807, 2.05) is 0 Å². The zero-order chi connectivity index (χ0) is 24.3. The molecule has 0 bridgehead atoms. The Kier molecular flexibility index (Phi) is 6.40. The molecule has 4 rings (SSSR count).